The Labute approximate surface area is 161 Å². The van der Waals surface area contributed by atoms with E-state index in [0.29, 0.717) is 19.6 Å². The highest BCUT2D eigenvalue weighted by atomic mass is 35.5. The molecule has 0 spiro atoms. The normalized spacial score (nSPS) is 20.3. The minimum absolute atomic E-state index is 0. The first-order valence-corrected chi connectivity index (χ1v) is 9.18. The summed E-state index contributed by atoms with van der Waals surface area (Å²) in [5.74, 6) is 0.183. The number of hydrogen-bond donors (Lipinski definition) is 2. The SMILES string of the molecule is CN(Cc1ccccc1)C(=O)N1CCC(C(=O)NC2CCNC2)CC1.Cl. The Morgan fingerprint density at radius 2 is 1.88 bits per heavy atom. The van der Waals surface area contributed by atoms with Crippen LogP contribution in [0.15, 0.2) is 30.3 Å². The van der Waals surface area contributed by atoms with Crippen LogP contribution in [-0.2, 0) is 11.3 Å². The van der Waals surface area contributed by atoms with Gasteiger partial charge in [0.1, 0.15) is 0 Å². The van der Waals surface area contributed by atoms with Crippen LogP contribution in [-0.4, -0.2) is 61.0 Å². The van der Waals surface area contributed by atoms with Gasteiger partial charge in [-0.2, -0.15) is 0 Å². The van der Waals surface area contributed by atoms with Crippen molar-refractivity contribution in [3.8, 4) is 0 Å². The molecule has 0 saturated carbocycles. The third kappa shape index (κ3) is 5.35. The van der Waals surface area contributed by atoms with E-state index in [0.717, 1.165) is 37.9 Å². The molecule has 1 unspecified atom stereocenters. The standard InChI is InChI=1S/C19H28N4O2.ClH/c1-22(14-15-5-3-2-4-6-15)19(25)23-11-8-16(9-12-23)18(24)21-17-7-10-20-13-17;/h2-6,16-17,20H,7-14H2,1H3,(H,21,24);1H. The molecule has 1 atom stereocenters. The molecule has 2 aliphatic rings. The number of piperidine rings is 1. The molecule has 2 N–H and O–H groups in total. The fourth-order valence-corrected chi connectivity index (χ4v) is 3.60. The van der Waals surface area contributed by atoms with Crippen molar-refractivity contribution >= 4 is 24.3 Å². The van der Waals surface area contributed by atoms with Gasteiger partial charge in [-0.05, 0) is 31.4 Å². The molecular formula is C19H29ClN4O2. The van der Waals surface area contributed by atoms with Crippen LogP contribution in [0.5, 0.6) is 0 Å². The van der Waals surface area contributed by atoms with Crippen molar-refractivity contribution in [3.05, 3.63) is 35.9 Å². The first-order chi connectivity index (χ1) is 12.1. The van der Waals surface area contributed by atoms with E-state index in [4.69, 9.17) is 0 Å². The predicted molar refractivity (Wildman–Crippen MR) is 104 cm³/mol. The lowest BCUT2D eigenvalue weighted by Crippen LogP contribution is -2.48. The fourth-order valence-electron chi connectivity index (χ4n) is 3.60. The van der Waals surface area contributed by atoms with E-state index in [9.17, 15) is 9.59 Å². The smallest absolute Gasteiger partial charge is 0.320 e. The topological polar surface area (TPSA) is 64.7 Å². The number of urea groups is 1. The second kappa shape index (κ2) is 9.78. The van der Waals surface area contributed by atoms with Crippen molar-refractivity contribution in [2.24, 2.45) is 5.92 Å². The van der Waals surface area contributed by atoms with Crippen molar-refractivity contribution in [3.63, 3.8) is 0 Å². The van der Waals surface area contributed by atoms with E-state index < -0.39 is 0 Å². The first-order valence-electron chi connectivity index (χ1n) is 9.18. The zero-order valence-corrected chi connectivity index (χ0v) is 16.1. The molecule has 26 heavy (non-hydrogen) atoms. The van der Waals surface area contributed by atoms with Gasteiger partial charge in [0, 0.05) is 45.2 Å². The second-order valence-electron chi connectivity index (χ2n) is 7.08. The Hall–Kier alpha value is -1.79. The van der Waals surface area contributed by atoms with Gasteiger partial charge in [-0.25, -0.2) is 4.79 Å². The van der Waals surface area contributed by atoms with Crippen molar-refractivity contribution in [1.29, 1.82) is 0 Å². The van der Waals surface area contributed by atoms with Gasteiger partial charge in [0.05, 0.1) is 0 Å². The number of hydrogen-bond acceptors (Lipinski definition) is 3. The maximum absolute atomic E-state index is 12.6. The van der Waals surface area contributed by atoms with Gasteiger partial charge >= 0.3 is 6.03 Å². The Bertz CT molecular complexity index is 584. The van der Waals surface area contributed by atoms with Crippen LogP contribution in [0, 0.1) is 5.92 Å². The van der Waals surface area contributed by atoms with E-state index in [1.807, 2.05) is 42.3 Å². The molecule has 7 heteroatoms. The van der Waals surface area contributed by atoms with Crippen molar-refractivity contribution in [2.75, 3.05) is 33.2 Å². The number of amides is 3. The maximum Gasteiger partial charge on any atom is 0.320 e. The molecule has 2 saturated heterocycles. The summed E-state index contributed by atoms with van der Waals surface area (Å²) in [7, 11) is 1.83. The Kier molecular flexibility index (Phi) is 7.72. The highest BCUT2D eigenvalue weighted by Crippen LogP contribution is 2.19. The van der Waals surface area contributed by atoms with Gasteiger partial charge < -0.3 is 20.4 Å². The van der Waals surface area contributed by atoms with E-state index >= 15 is 0 Å². The number of likely N-dealkylation sites (tertiary alicyclic amines) is 1. The molecule has 0 aromatic heterocycles. The number of carbonyl (C=O) groups is 2. The van der Waals surface area contributed by atoms with Crippen molar-refractivity contribution in [2.45, 2.75) is 31.8 Å². The van der Waals surface area contributed by atoms with Crippen molar-refractivity contribution in [1.82, 2.24) is 20.4 Å². The highest BCUT2D eigenvalue weighted by Gasteiger charge is 2.30. The van der Waals surface area contributed by atoms with Crippen LogP contribution in [0.25, 0.3) is 0 Å². The average molecular weight is 381 g/mol. The molecule has 2 aliphatic heterocycles. The molecule has 1 aromatic rings. The molecule has 2 heterocycles. The van der Waals surface area contributed by atoms with Gasteiger partial charge in [0.15, 0.2) is 0 Å². The summed E-state index contributed by atoms with van der Waals surface area (Å²) in [5.41, 5.74) is 1.12. The summed E-state index contributed by atoms with van der Waals surface area (Å²) in [6, 6.07) is 10.3. The molecule has 0 bridgehead atoms. The second-order valence-corrected chi connectivity index (χ2v) is 7.08. The van der Waals surface area contributed by atoms with E-state index in [1.54, 1.807) is 4.90 Å². The quantitative estimate of drug-likeness (QED) is 0.837. The number of rotatable bonds is 4. The first kappa shape index (κ1) is 20.5. The van der Waals surface area contributed by atoms with Crippen LogP contribution in [0.3, 0.4) is 0 Å². The van der Waals surface area contributed by atoms with Crippen LogP contribution < -0.4 is 10.6 Å². The Balaban J connectivity index is 0.00000243. The number of nitrogens with one attached hydrogen (secondary N) is 2. The monoisotopic (exact) mass is 380 g/mol. The Morgan fingerprint density at radius 1 is 1.19 bits per heavy atom. The molecule has 3 amide bonds. The lowest BCUT2D eigenvalue weighted by atomic mass is 9.95. The van der Waals surface area contributed by atoms with E-state index in [-0.39, 0.29) is 36.3 Å². The summed E-state index contributed by atoms with van der Waals surface area (Å²) < 4.78 is 0. The third-order valence-electron chi connectivity index (χ3n) is 5.13. The predicted octanol–water partition coefficient (Wildman–Crippen LogP) is 1.85. The summed E-state index contributed by atoms with van der Waals surface area (Å²) in [6.07, 6.45) is 2.50. The van der Waals surface area contributed by atoms with Gasteiger partial charge in [-0.3, -0.25) is 4.79 Å². The summed E-state index contributed by atoms with van der Waals surface area (Å²) >= 11 is 0. The maximum atomic E-state index is 12.6. The number of nitrogens with zero attached hydrogens (tertiary/aromatic N) is 2. The molecule has 0 radical (unpaired) electrons. The largest absolute Gasteiger partial charge is 0.352 e. The third-order valence-corrected chi connectivity index (χ3v) is 5.13. The highest BCUT2D eigenvalue weighted by molar-refractivity contribution is 5.85. The lowest BCUT2D eigenvalue weighted by Gasteiger charge is -2.34. The molecule has 2 fully saturated rings. The van der Waals surface area contributed by atoms with Crippen LogP contribution >= 0.6 is 12.4 Å². The molecule has 144 valence electrons. The molecule has 6 nitrogen and oxygen atoms in total. The Morgan fingerprint density at radius 3 is 2.50 bits per heavy atom. The van der Waals surface area contributed by atoms with Gasteiger partial charge in [0.25, 0.3) is 0 Å². The minimum Gasteiger partial charge on any atom is -0.352 e. The van der Waals surface area contributed by atoms with Crippen LogP contribution in [0.4, 0.5) is 4.79 Å². The van der Waals surface area contributed by atoms with Gasteiger partial charge in [-0.15, -0.1) is 12.4 Å². The molecule has 3 rings (SSSR count). The molecular weight excluding hydrogens is 352 g/mol. The number of halogens is 1. The van der Waals surface area contributed by atoms with E-state index in [1.165, 1.54) is 0 Å². The van der Waals surface area contributed by atoms with Crippen LogP contribution in [0.2, 0.25) is 0 Å². The van der Waals surface area contributed by atoms with Gasteiger partial charge in [-0.1, -0.05) is 30.3 Å². The molecule has 0 aliphatic carbocycles. The zero-order chi connectivity index (χ0) is 17.6. The lowest BCUT2D eigenvalue weighted by molar-refractivity contribution is -0.126. The van der Waals surface area contributed by atoms with Gasteiger partial charge in [0.2, 0.25) is 5.91 Å². The van der Waals surface area contributed by atoms with Crippen LogP contribution in [0.1, 0.15) is 24.8 Å². The number of carbonyl (C=O) groups excluding carboxylic acids is 2. The van der Waals surface area contributed by atoms with Crippen molar-refractivity contribution < 1.29 is 9.59 Å². The summed E-state index contributed by atoms with van der Waals surface area (Å²) in [5, 5.41) is 6.39. The van der Waals surface area contributed by atoms with E-state index in [2.05, 4.69) is 10.6 Å². The summed E-state index contributed by atoms with van der Waals surface area (Å²) in [6.45, 7) is 3.76. The zero-order valence-electron chi connectivity index (χ0n) is 15.3. The average Bonchev–Trinajstić information content (AvgIpc) is 3.15. The number of benzene rings is 1. The summed E-state index contributed by atoms with van der Waals surface area (Å²) in [4.78, 5) is 28.6. The fraction of sp³-hybridized carbons (Fsp3) is 0.579. The minimum atomic E-state index is 0. The molecule has 1 aromatic carbocycles.